The maximum absolute atomic E-state index is 12.9. The van der Waals surface area contributed by atoms with E-state index in [2.05, 4.69) is 4.98 Å². The van der Waals surface area contributed by atoms with Crippen LogP contribution in [0, 0.1) is 0 Å². The van der Waals surface area contributed by atoms with E-state index in [9.17, 15) is 4.79 Å². The molecule has 0 aliphatic carbocycles. The van der Waals surface area contributed by atoms with Crippen LogP contribution in [0.15, 0.2) is 36.7 Å². The largest absolute Gasteiger partial charge is 0.396 e. The number of carbonyl (C=O) groups excluding carboxylic acids is 1. The normalized spacial score (nSPS) is 18.3. The van der Waals surface area contributed by atoms with E-state index in [1.807, 2.05) is 29.2 Å². The summed E-state index contributed by atoms with van der Waals surface area (Å²) in [6.45, 7) is 0.993. The fourth-order valence-corrected chi connectivity index (χ4v) is 3.17. The van der Waals surface area contributed by atoms with Gasteiger partial charge in [0.25, 0.3) is 5.91 Å². The molecule has 1 amide bonds. The Morgan fingerprint density at radius 1 is 1.33 bits per heavy atom. The van der Waals surface area contributed by atoms with E-state index in [-0.39, 0.29) is 18.6 Å². The van der Waals surface area contributed by atoms with Gasteiger partial charge in [0.05, 0.1) is 5.56 Å². The minimum atomic E-state index is 0.0692. The van der Waals surface area contributed by atoms with Gasteiger partial charge in [-0.25, -0.2) is 0 Å². The molecule has 1 aromatic carbocycles. The predicted molar refractivity (Wildman–Crippen MR) is 82.1 cm³/mol. The van der Waals surface area contributed by atoms with E-state index in [0.717, 1.165) is 43.0 Å². The molecule has 2 heterocycles. The number of aliphatic hydroxyl groups is 1. The smallest absolute Gasteiger partial charge is 0.256 e. The molecule has 1 saturated heterocycles. The quantitative estimate of drug-likeness (QED) is 0.939. The van der Waals surface area contributed by atoms with Crippen molar-refractivity contribution in [1.82, 2.24) is 9.88 Å². The van der Waals surface area contributed by atoms with Crippen LogP contribution in [0.2, 0.25) is 0 Å². The molecule has 3 rings (SSSR count). The lowest BCUT2D eigenvalue weighted by molar-refractivity contribution is 0.0726. The number of aliphatic hydroxyl groups excluding tert-OH is 1. The molecule has 1 aliphatic heterocycles. The number of pyridine rings is 1. The summed E-state index contributed by atoms with van der Waals surface area (Å²) in [6, 6.07) is 8.11. The zero-order valence-corrected chi connectivity index (χ0v) is 12.0. The van der Waals surface area contributed by atoms with Gasteiger partial charge >= 0.3 is 0 Å². The van der Waals surface area contributed by atoms with Crippen molar-refractivity contribution < 1.29 is 9.90 Å². The number of hydrogen-bond donors (Lipinski definition) is 1. The fourth-order valence-electron chi connectivity index (χ4n) is 3.17. The Kier molecular flexibility index (Phi) is 4.15. The average Bonchev–Trinajstić information content (AvgIpc) is 3.00. The van der Waals surface area contributed by atoms with Crippen molar-refractivity contribution in [1.29, 1.82) is 0 Å². The third-order valence-electron chi connectivity index (χ3n) is 4.23. The molecule has 2 aromatic rings. The summed E-state index contributed by atoms with van der Waals surface area (Å²) in [5.74, 6) is 0.0692. The van der Waals surface area contributed by atoms with Gasteiger partial charge in [-0.3, -0.25) is 9.78 Å². The molecule has 0 saturated carbocycles. The van der Waals surface area contributed by atoms with Gasteiger partial charge in [-0.2, -0.15) is 0 Å². The number of rotatable bonds is 4. The van der Waals surface area contributed by atoms with Crippen LogP contribution in [0.4, 0.5) is 0 Å². The highest BCUT2D eigenvalue weighted by molar-refractivity contribution is 6.06. The maximum atomic E-state index is 12.9. The lowest BCUT2D eigenvalue weighted by Gasteiger charge is -2.25. The van der Waals surface area contributed by atoms with Crippen molar-refractivity contribution in [3.8, 4) is 0 Å². The van der Waals surface area contributed by atoms with Crippen LogP contribution in [-0.2, 0) is 0 Å². The van der Waals surface area contributed by atoms with Crippen LogP contribution in [0.5, 0.6) is 0 Å². The Hall–Kier alpha value is -1.94. The van der Waals surface area contributed by atoms with E-state index in [4.69, 9.17) is 5.11 Å². The highest BCUT2D eigenvalue weighted by Crippen LogP contribution is 2.26. The summed E-state index contributed by atoms with van der Waals surface area (Å²) in [5, 5.41) is 11.0. The molecule has 21 heavy (non-hydrogen) atoms. The molecular formula is C17H20N2O2. The molecule has 1 unspecified atom stereocenters. The summed E-state index contributed by atoms with van der Waals surface area (Å²) < 4.78 is 0. The SMILES string of the molecule is O=C(c1cncc2ccccc12)N1CCCC1CCCO. The van der Waals surface area contributed by atoms with E-state index in [1.165, 1.54) is 0 Å². The van der Waals surface area contributed by atoms with Crippen molar-refractivity contribution >= 4 is 16.7 Å². The lowest BCUT2D eigenvalue weighted by Crippen LogP contribution is -2.35. The minimum Gasteiger partial charge on any atom is -0.396 e. The first kappa shape index (κ1) is 14.0. The van der Waals surface area contributed by atoms with Crippen LogP contribution >= 0.6 is 0 Å². The zero-order chi connectivity index (χ0) is 14.7. The number of fused-ring (bicyclic) bond motifs is 1. The Balaban J connectivity index is 1.89. The summed E-state index contributed by atoms with van der Waals surface area (Å²) in [4.78, 5) is 19.0. The second-order valence-electron chi connectivity index (χ2n) is 5.57. The van der Waals surface area contributed by atoms with Gasteiger partial charge in [-0.1, -0.05) is 24.3 Å². The van der Waals surface area contributed by atoms with Crippen LogP contribution in [-0.4, -0.2) is 40.1 Å². The van der Waals surface area contributed by atoms with E-state index in [0.29, 0.717) is 5.56 Å². The van der Waals surface area contributed by atoms with Gasteiger partial charge in [0.15, 0.2) is 0 Å². The van der Waals surface area contributed by atoms with Crippen LogP contribution < -0.4 is 0 Å². The molecule has 1 fully saturated rings. The van der Waals surface area contributed by atoms with Crippen molar-refractivity contribution in [2.45, 2.75) is 31.7 Å². The third kappa shape index (κ3) is 2.76. The van der Waals surface area contributed by atoms with E-state index >= 15 is 0 Å². The number of amides is 1. The number of nitrogens with zero attached hydrogens (tertiary/aromatic N) is 2. The molecular weight excluding hydrogens is 264 g/mol. The molecule has 1 aliphatic rings. The first-order valence-electron chi connectivity index (χ1n) is 7.56. The van der Waals surface area contributed by atoms with Gasteiger partial charge in [-0.05, 0) is 31.1 Å². The molecule has 1 atom stereocenters. The molecule has 0 bridgehead atoms. The van der Waals surface area contributed by atoms with Gasteiger partial charge in [0.1, 0.15) is 0 Å². The first-order chi connectivity index (χ1) is 10.3. The molecule has 0 spiro atoms. The Labute approximate surface area is 124 Å². The molecule has 0 radical (unpaired) electrons. The number of carbonyl (C=O) groups is 1. The second kappa shape index (κ2) is 6.22. The standard InChI is InChI=1S/C17H20N2O2/c20-10-4-7-14-6-3-9-19(14)17(21)16-12-18-11-13-5-1-2-8-15(13)16/h1-2,5,8,11-12,14,20H,3-4,6-7,9-10H2. The van der Waals surface area contributed by atoms with Crippen LogP contribution in [0.25, 0.3) is 10.8 Å². The predicted octanol–water partition coefficient (Wildman–Crippen LogP) is 2.61. The summed E-state index contributed by atoms with van der Waals surface area (Å²) in [6.07, 6.45) is 7.16. The average molecular weight is 284 g/mol. The monoisotopic (exact) mass is 284 g/mol. The first-order valence-corrected chi connectivity index (χ1v) is 7.56. The van der Waals surface area contributed by atoms with Gasteiger partial charge in [-0.15, -0.1) is 0 Å². The van der Waals surface area contributed by atoms with Gasteiger partial charge in [0.2, 0.25) is 0 Å². The van der Waals surface area contributed by atoms with Crippen molar-refractivity contribution in [2.24, 2.45) is 0 Å². The third-order valence-corrected chi connectivity index (χ3v) is 4.23. The lowest BCUT2D eigenvalue weighted by atomic mass is 10.1. The highest BCUT2D eigenvalue weighted by atomic mass is 16.3. The van der Waals surface area contributed by atoms with Crippen LogP contribution in [0.1, 0.15) is 36.0 Å². The molecule has 1 aromatic heterocycles. The topological polar surface area (TPSA) is 53.4 Å². The summed E-state index contributed by atoms with van der Waals surface area (Å²) >= 11 is 0. The minimum absolute atomic E-state index is 0.0692. The Morgan fingerprint density at radius 3 is 3.05 bits per heavy atom. The van der Waals surface area contributed by atoms with E-state index < -0.39 is 0 Å². The molecule has 4 heteroatoms. The zero-order valence-electron chi connectivity index (χ0n) is 12.0. The van der Waals surface area contributed by atoms with Crippen molar-refractivity contribution in [3.63, 3.8) is 0 Å². The van der Waals surface area contributed by atoms with Crippen molar-refractivity contribution in [3.05, 3.63) is 42.2 Å². The maximum Gasteiger partial charge on any atom is 0.256 e. The number of likely N-dealkylation sites (tertiary alicyclic amines) is 1. The number of benzene rings is 1. The Morgan fingerprint density at radius 2 is 2.19 bits per heavy atom. The summed E-state index contributed by atoms with van der Waals surface area (Å²) in [5.41, 5.74) is 0.684. The number of hydrogen-bond acceptors (Lipinski definition) is 3. The number of aromatic nitrogens is 1. The van der Waals surface area contributed by atoms with Gasteiger partial charge < -0.3 is 10.0 Å². The van der Waals surface area contributed by atoms with E-state index in [1.54, 1.807) is 12.4 Å². The fraction of sp³-hybridized carbons (Fsp3) is 0.412. The molecule has 4 nitrogen and oxygen atoms in total. The molecule has 1 N–H and O–H groups in total. The second-order valence-corrected chi connectivity index (χ2v) is 5.57. The molecule has 110 valence electrons. The van der Waals surface area contributed by atoms with Crippen molar-refractivity contribution in [2.75, 3.05) is 13.2 Å². The van der Waals surface area contributed by atoms with Crippen LogP contribution in [0.3, 0.4) is 0 Å². The highest BCUT2D eigenvalue weighted by Gasteiger charge is 2.29. The Bertz CT molecular complexity index is 636. The summed E-state index contributed by atoms with van der Waals surface area (Å²) in [7, 11) is 0. The van der Waals surface area contributed by atoms with Gasteiger partial charge in [0, 0.05) is 37.0 Å².